The Morgan fingerprint density at radius 2 is 1.49 bits per heavy atom. The summed E-state index contributed by atoms with van der Waals surface area (Å²) >= 11 is 0. The van der Waals surface area contributed by atoms with Crippen LogP contribution >= 0.6 is 0 Å². The number of nitrogens with zero attached hydrogens (tertiary/aromatic N) is 3. The van der Waals surface area contributed by atoms with E-state index in [-0.39, 0.29) is 12.5 Å². The third-order valence-corrected chi connectivity index (χ3v) is 5.78. The van der Waals surface area contributed by atoms with Crippen molar-refractivity contribution in [3.63, 3.8) is 0 Å². The van der Waals surface area contributed by atoms with Crippen LogP contribution in [0.2, 0.25) is 0 Å². The van der Waals surface area contributed by atoms with Crippen LogP contribution in [0.1, 0.15) is 0 Å². The summed E-state index contributed by atoms with van der Waals surface area (Å²) in [6.45, 7) is 3.00. The zero-order chi connectivity index (χ0) is 23.9. The van der Waals surface area contributed by atoms with Crippen LogP contribution in [0.15, 0.2) is 91.0 Å². The fourth-order valence-electron chi connectivity index (χ4n) is 3.88. The van der Waals surface area contributed by atoms with Gasteiger partial charge in [-0.2, -0.15) is 0 Å². The fourth-order valence-corrected chi connectivity index (χ4v) is 3.88. The van der Waals surface area contributed by atoms with Crippen molar-refractivity contribution >= 4 is 17.4 Å². The van der Waals surface area contributed by atoms with E-state index in [1.54, 1.807) is 0 Å². The average molecular weight is 467 g/mol. The van der Waals surface area contributed by atoms with E-state index in [1.165, 1.54) is 0 Å². The number of ether oxygens (including phenoxy) is 2. The number of carbonyl (C=O) groups is 1. The maximum atomic E-state index is 12.3. The molecule has 1 aliphatic rings. The Balaban J connectivity index is 1.13. The van der Waals surface area contributed by atoms with E-state index < -0.39 is 0 Å². The Morgan fingerprint density at radius 1 is 0.800 bits per heavy atom. The summed E-state index contributed by atoms with van der Waals surface area (Å²) in [6.07, 6.45) is 0. The average Bonchev–Trinajstić information content (AvgIpc) is 2.94. The molecule has 7 heteroatoms. The van der Waals surface area contributed by atoms with Crippen molar-refractivity contribution in [1.29, 1.82) is 0 Å². The molecule has 2 heterocycles. The Bertz CT molecular complexity index is 1240. The van der Waals surface area contributed by atoms with Crippen molar-refractivity contribution in [3.8, 4) is 28.1 Å². The molecule has 1 saturated heterocycles. The van der Waals surface area contributed by atoms with E-state index in [0.29, 0.717) is 24.7 Å². The lowest BCUT2D eigenvalue weighted by atomic mass is 10.1. The molecular formula is C28H26N4O3. The number of anilines is 2. The summed E-state index contributed by atoms with van der Waals surface area (Å²) in [7, 11) is 0. The molecule has 0 radical (unpaired) electrons. The number of rotatable bonds is 7. The fraction of sp³-hybridized carbons (Fsp3) is 0.179. The third kappa shape index (κ3) is 5.83. The smallest absolute Gasteiger partial charge is 0.262 e. The number of aromatic nitrogens is 2. The lowest BCUT2D eigenvalue weighted by molar-refractivity contribution is -0.118. The quantitative estimate of drug-likeness (QED) is 0.427. The van der Waals surface area contributed by atoms with Crippen LogP contribution in [-0.2, 0) is 9.53 Å². The summed E-state index contributed by atoms with van der Waals surface area (Å²) in [5.41, 5.74) is 4.64. The predicted octanol–water partition coefficient (Wildman–Crippen LogP) is 4.66. The summed E-state index contributed by atoms with van der Waals surface area (Å²) in [5, 5.41) is 11.6. The maximum absolute atomic E-state index is 12.3. The highest BCUT2D eigenvalue weighted by molar-refractivity contribution is 5.92. The maximum Gasteiger partial charge on any atom is 0.262 e. The highest BCUT2D eigenvalue weighted by Gasteiger charge is 2.13. The first-order valence-electron chi connectivity index (χ1n) is 11.6. The van der Waals surface area contributed by atoms with Gasteiger partial charge in [0.25, 0.3) is 5.91 Å². The normalized spacial score (nSPS) is 13.3. The highest BCUT2D eigenvalue weighted by atomic mass is 16.5. The summed E-state index contributed by atoms with van der Waals surface area (Å²) in [4.78, 5) is 14.5. The molecule has 35 heavy (non-hydrogen) atoms. The second kappa shape index (κ2) is 10.8. The molecule has 0 unspecified atom stereocenters. The van der Waals surface area contributed by atoms with Crippen LogP contribution in [0.4, 0.5) is 11.5 Å². The van der Waals surface area contributed by atoms with Crippen molar-refractivity contribution in [2.45, 2.75) is 0 Å². The Kier molecular flexibility index (Phi) is 6.96. The van der Waals surface area contributed by atoms with Crippen molar-refractivity contribution in [3.05, 3.63) is 91.0 Å². The molecular weight excluding hydrogens is 440 g/mol. The van der Waals surface area contributed by atoms with Gasteiger partial charge in [0.05, 0.1) is 18.9 Å². The highest BCUT2D eigenvalue weighted by Crippen LogP contribution is 2.23. The molecule has 0 aliphatic carbocycles. The minimum atomic E-state index is -0.223. The van der Waals surface area contributed by atoms with Gasteiger partial charge in [-0.25, -0.2) is 0 Å². The monoisotopic (exact) mass is 466 g/mol. The third-order valence-electron chi connectivity index (χ3n) is 5.78. The lowest BCUT2D eigenvalue weighted by Crippen LogP contribution is -2.36. The number of hydrogen-bond donors (Lipinski definition) is 1. The molecule has 176 valence electrons. The predicted molar refractivity (Wildman–Crippen MR) is 137 cm³/mol. The van der Waals surface area contributed by atoms with Gasteiger partial charge in [0.2, 0.25) is 0 Å². The second-order valence-electron chi connectivity index (χ2n) is 8.18. The van der Waals surface area contributed by atoms with E-state index >= 15 is 0 Å². The molecule has 5 rings (SSSR count). The van der Waals surface area contributed by atoms with E-state index in [0.717, 1.165) is 41.3 Å². The van der Waals surface area contributed by atoms with Gasteiger partial charge >= 0.3 is 0 Å². The van der Waals surface area contributed by atoms with E-state index in [4.69, 9.17) is 9.47 Å². The first kappa shape index (κ1) is 22.6. The van der Waals surface area contributed by atoms with Gasteiger partial charge in [-0.15, -0.1) is 10.2 Å². The molecule has 1 N–H and O–H groups in total. The Hall–Kier alpha value is -4.23. The molecule has 0 atom stereocenters. The van der Waals surface area contributed by atoms with Crippen molar-refractivity contribution in [1.82, 2.24) is 10.2 Å². The van der Waals surface area contributed by atoms with Crippen LogP contribution in [0, 0.1) is 0 Å². The molecule has 3 aromatic carbocycles. The molecule has 0 saturated carbocycles. The molecule has 4 aromatic rings. The number of benzene rings is 3. The molecule has 0 spiro atoms. The molecule has 0 bridgehead atoms. The number of morpholine rings is 1. The standard InChI is InChI=1S/C28H26N4O3/c33-28(20-35-25-12-8-22(9-13-25)21-4-2-1-3-5-21)29-24-10-6-23(7-11-24)26-14-15-27(31-30-26)32-16-18-34-19-17-32/h1-15H,16-20H2,(H,29,33). The number of carbonyl (C=O) groups excluding carboxylic acids is 1. The molecule has 1 amide bonds. The largest absolute Gasteiger partial charge is 0.484 e. The van der Waals surface area contributed by atoms with Crippen molar-refractivity contribution in [2.75, 3.05) is 43.1 Å². The Morgan fingerprint density at radius 3 is 2.17 bits per heavy atom. The summed E-state index contributed by atoms with van der Waals surface area (Å²) < 4.78 is 11.0. The van der Waals surface area contributed by atoms with Gasteiger partial charge in [0.15, 0.2) is 12.4 Å². The topological polar surface area (TPSA) is 76.6 Å². The van der Waals surface area contributed by atoms with Crippen molar-refractivity contribution in [2.24, 2.45) is 0 Å². The summed E-state index contributed by atoms with van der Waals surface area (Å²) in [6, 6.07) is 29.3. The van der Waals surface area contributed by atoms with Gasteiger partial charge in [0.1, 0.15) is 5.75 Å². The molecule has 1 aliphatic heterocycles. The van der Waals surface area contributed by atoms with Crippen LogP contribution in [0.25, 0.3) is 22.4 Å². The second-order valence-corrected chi connectivity index (χ2v) is 8.18. The summed E-state index contributed by atoms with van der Waals surface area (Å²) in [5.74, 6) is 1.28. The van der Waals surface area contributed by atoms with Crippen LogP contribution in [0.3, 0.4) is 0 Å². The zero-order valence-corrected chi connectivity index (χ0v) is 19.3. The molecule has 7 nitrogen and oxygen atoms in total. The number of amides is 1. The first-order valence-corrected chi connectivity index (χ1v) is 11.6. The van der Waals surface area contributed by atoms with E-state index in [1.807, 2.05) is 78.9 Å². The zero-order valence-electron chi connectivity index (χ0n) is 19.3. The molecule has 1 aromatic heterocycles. The number of hydrogen-bond acceptors (Lipinski definition) is 6. The van der Waals surface area contributed by atoms with Gasteiger partial charge < -0.3 is 19.7 Å². The SMILES string of the molecule is O=C(COc1ccc(-c2ccccc2)cc1)Nc1ccc(-c2ccc(N3CCOCC3)nn2)cc1. The van der Waals surface area contributed by atoms with Crippen LogP contribution < -0.4 is 15.0 Å². The lowest BCUT2D eigenvalue weighted by Gasteiger charge is -2.27. The van der Waals surface area contributed by atoms with Crippen LogP contribution in [-0.4, -0.2) is 49.0 Å². The molecule has 1 fully saturated rings. The van der Waals surface area contributed by atoms with Gasteiger partial charge in [-0.05, 0) is 47.5 Å². The van der Waals surface area contributed by atoms with Gasteiger partial charge in [-0.3, -0.25) is 4.79 Å². The van der Waals surface area contributed by atoms with Crippen LogP contribution in [0.5, 0.6) is 5.75 Å². The number of nitrogens with one attached hydrogen (secondary N) is 1. The Labute approximate surface area is 204 Å². The van der Waals surface area contributed by atoms with Gasteiger partial charge in [0, 0.05) is 24.3 Å². The van der Waals surface area contributed by atoms with E-state index in [2.05, 4.69) is 32.5 Å². The minimum absolute atomic E-state index is 0.0685. The van der Waals surface area contributed by atoms with Crippen molar-refractivity contribution < 1.29 is 14.3 Å². The first-order chi connectivity index (χ1) is 17.2. The van der Waals surface area contributed by atoms with E-state index in [9.17, 15) is 4.79 Å². The minimum Gasteiger partial charge on any atom is -0.484 e. The van der Waals surface area contributed by atoms with Gasteiger partial charge in [-0.1, -0.05) is 54.6 Å².